The van der Waals surface area contributed by atoms with Crippen molar-refractivity contribution in [1.29, 1.82) is 0 Å². The maximum absolute atomic E-state index is 12.9. The van der Waals surface area contributed by atoms with E-state index >= 15 is 0 Å². The Balaban J connectivity index is 1.54. The van der Waals surface area contributed by atoms with E-state index in [0.717, 1.165) is 12.0 Å². The Morgan fingerprint density at radius 2 is 1.85 bits per heavy atom. The molecule has 0 saturated carbocycles. The van der Waals surface area contributed by atoms with Crippen LogP contribution in [0.15, 0.2) is 53.1 Å². The van der Waals surface area contributed by atoms with E-state index in [2.05, 4.69) is 22.4 Å². The molecule has 1 heterocycles. The van der Waals surface area contributed by atoms with Gasteiger partial charge in [0.25, 0.3) is 0 Å². The van der Waals surface area contributed by atoms with Crippen LogP contribution in [-0.4, -0.2) is 34.5 Å². The van der Waals surface area contributed by atoms with Crippen molar-refractivity contribution >= 4 is 11.6 Å². The second kappa shape index (κ2) is 8.55. The second-order valence-electron chi connectivity index (χ2n) is 6.29. The number of hydrogen-bond acceptors (Lipinski definition) is 5. The van der Waals surface area contributed by atoms with E-state index in [4.69, 9.17) is 4.52 Å². The molecule has 0 aliphatic carbocycles. The van der Waals surface area contributed by atoms with Crippen molar-refractivity contribution in [2.24, 2.45) is 0 Å². The molecule has 0 atom stereocenters. The predicted octanol–water partition coefficient (Wildman–Crippen LogP) is 3.51. The topological polar surface area (TPSA) is 71.3 Å². The number of aromatic nitrogens is 2. The molecule has 1 amide bonds. The molecular formula is C20H21FN4O2. The Kier molecular flexibility index (Phi) is 5.93. The van der Waals surface area contributed by atoms with Gasteiger partial charge in [-0.15, -0.1) is 0 Å². The van der Waals surface area contributed by atoms with Crippen LogP contribution in [-0.2, 0) is 17.8 Å². The van der Waals surface area contributed by atoms with Crippen LogP contribution in [0, 0.1) is 5.82 Å². The molecule has 6 nitrogen and oxygen atoms in total. The van der Waals surface area contributed by atoms with Crippen molar-refractivity contribution < 1.29 is 13.7 Å². The highest BCUT2D eigenvalue weighted by Crippen LogP contribution is 2.17. The number of nitrogens with one attached hydrogen (secondary N) is 1. The van der Waals surface area contributed by atoms with E-state index in [9.17, 15) is 9.18 Å². The van der Waals surface area contributed by atoms with Crippen LogP contribution in [0.25, 0.3) is 11.4 Å². The molecule has 0 aliphatic heterocycles. The highest BCUT2D eigenvalue weighted by atomic mass is 19.1. The predicted molar refractivity (Wildman–Crippen MR) is 100 cm³/mol. The fourth-order valence-electron chi connectivity index (χ4n) is 2.59. The number of rotatable bonds is 7. The third-order valence-electron chi connectivity index (χ3n) is 4.04. The zero-order valence-electron chi connectivity index (χ0n) is 15.3. The van der Waals surface area contributed by atoms with Crippen LogP contribution in [0.1, 0.15) is 18.4 Å². The molecule has 0 aliphatic rings. The highest BCUT2D eigenvalue weighted by molar-refractivity contribution is 5.92. The molecule has 140 valence electrons. The summed E-state index contributed by atoms with van der Waals surface area (Å²) in [6, 6.07) is 13.6. The molecule has 0 unspecified atom stereocenters. The van der Waals surface area contributed by atoms with Crippen LogP contribution in [0.2, 0.25) is 0 Å². The molecule has 27 heavy (non-hydrogen) atoms. The van der Waals surface area contributed by atoms with Gasteiger partial charge in [-0.2, -0.15) is 4.98 Å². The van der Waals surface area contributed by atoms with E-state index in [1.165, 1.54) is 29.8 Å². The van der Waals surface area contributed by atoms with Gasteiger partial charge in [0.1, 0.15) is 5.82 Å². The largest absolute Gasteiger partial charge is 0.338 e. The Hall–Kier alpha value is -3.06. The van der Waals surface area contributed by atoms with Crippen LogP contribution < -0.4 is 5.32 Å². The van der Waals surface area contributed by atoms with E-state index in [0.29, 0.717) is 23.9 Å². The van der Waals surface area contributed by atoms with Crippen LogP contribution in [0.3, 0.4) is 0 Å². The minimum Gasteiger partial charge on any atom is -0.338 e. The summed E-state index contributed by atoms with van der Waals surface area (Å²) in [5.41, 5.74) is 2.68. The summed E-state index contributed by atoms with van der Waals surface area (Å²) >= 11 is 0. The van der Waals surface area contributed by atoms with E-state index in [-0.39, 0.29) is 18.3 Å². The van der Waals surface area contributed by atoms with Gasteiger partial charge in [-0.05, 0) is 43.3 Å². The number of benzene rings is 2. The van der Waals surface area contributed by atoms with E-state index in [1.807, 2.05) is 24.3 Å². The third kappa shape index (κ3) is 5.21. The Bertz CT molecular complexity index is 891. The molecule has 1 N–H and O–H groups in total. The van der Waals surface area contributed by atoms with Crippen LogP contribution in [0.4, 0.5) is 10.1 Å². The fourth-order valence-corrected chi connectivity index (χ4v) is 2.59. The summed E-state index contributed by atoms with van der Waals surface area (Å²) < 4.78 is 18.2. The first kappa shape index (κ1) is 18.7. The lowest BCUT2D eigenvalue weighted by molar-refractivity contribution is -0.117. The summed E-state index contributed by atoms with van der Waals surface area (Å²) in [4.78, 5) is 18.2. The van der Waals surface area contributed by atoms with Gasteiger partial charge in [0.05, 0.1) is 13.1 Å². The SMILES string of the molecule is CCc1ccc(-c2noc(CN(C)CC(=O)Nc3ccc(F)cc3)n2)cc1. The van der Waals surface area contributed by atoms with Crippen molar-refractivity contribution in [3.63, 3.8) is 0 Å². The molecule has 1 aromatic heterocycles. The number of hydrogen-bond donors (Lipinski definition) is 1. The molecule has 0 bridgehead atoms. The number of likely N-dealkylation sites (N-methyl/N-ethyl adjacent to an activating group) is 1. The zero-order chi connectivity index (χ0) is 19.2. The Morgan fingerprint density at radius 3 is 2.52 bits per heavy atom. The van der Waals surface area contributed by atoms with Gasteiger partial charge in [-0.25, -0.2) is 4.39 Å². The third-order valence-corrected chi connectivity index (χ3v) is 4.04. The summed E-state index contributed by atoms with van der Waals surface area (Å²) in [6.45, 7) is 2.58. The van der Waals surface area contributed by atoms with Crippen LogP contribution in [0.5, 0.6) is 0 Å². The van der Waals surface area contributed by atoms with Gasteiger partial charge in [-0.3, -0.25) is 9.69 Å². The summed E-state index contributed by atoms with van der Waals surface area (Å²) in [6.07, 6.45) is 0.975. The molecule has 0 radical (unpaired) electrons. The minimum atomic E-state index is -0.346. The van der Waals surface area contributed by atoms with Crippen molar-refractivity contribution in [2.75, 3.05) is 18.9 Å². The van der Waals surface area contributed by atoms with Crippen molar-refractivity contribution in [3.05, 3.63) is 65.8 Å². The van der Waals surface area contributed by atoms with Gasteiger partial charge in [0, 0.05) is 11.3 Å². The maximum atomic E-state index is 12.9. The van der Waals surface area contributed by atoms with Gasteiger partial charge in [-0.1, -0.05) is 36.3 Å². The average molecular weight is 368 g/mol. The molecular weight excluding hydrogens is 347 g/mol. The smallest absolute Gasteiger partial charge is 0.241 e. The first-order valence-corrected chi connectivity index (χ1v) is 8.69. The van der Waals surface area contributed by atoms with Crippen molar-refractivity contribution in [3.8, 4) is 11.4 Å². The van der Waals surface area contributed by atoms with Gasteiger partial charge >= 0.3 is 0 Å². The number of amides is 1. The lowest BCUT2D eigenvalue weighted by Gasteiger charge is -2.13. The molecule has 0 saturated heterocycles. The fraction of sp³-hybridized carbons (Fsp3) is 0.250. The van der Waals surface area contributed by atoms with Crippen molar-refractivity contribution in [2.45, 2.75) is 19.9 Å². The van der Waals surface area contributed by atoms with Gasteiger partial charge in [0.15, 0.2) is 0 Å². The average Bonchev–Trinajstić information content (AvgIpc) is 3.12. The standard InChI is InChI=1S/C20H21FN4O2/c1-3-14-4-6-15(7-5-14)20-23-19(27-24-20)13-25(2)12-18(26)22-17-10-8-16(21)9-11-17/h4-11H,3,12-13H2,1-2H3,(H,22,26). The molecule has 3 aromatic rings. The summed E-state index contributed by atoms with van der Waals surface area (Å²) in [7, 11) is 1.78. The number of anilines is 1. The molecule has 2 aromatic carbocycles. The number of carbonyl (C=O) groups excluding carboxylic acids is 1. The summed E-state index contributed by atoms with van der Waals surface area (Å²) in [5.74, 6) is 0.402. The second-order valence-corrected chi connectivity index (χ2v) is 6.29. The molecule has 0 fully saturated rings. The molecule has 0 spiro atoms. The first-order valence-electron chi connectivity index (χ1n) is 8.69. The maximum Gasteiger partial charge on any atom is 0.241 e. The molecule has 7 heteroatoms. The highest BCUT2D eigenvalue weighted by Gasteiger charge is 2.13. The minimum absolute atomic E-state index is 0.139. The van der Waals surface area contributed by atoms with Gasteiger partial charge < -0.3 is 9.84 Å². The normalized spacial score (nSPS) is 11.0. The molecule has 3 rings (SSSR count). The summed E-state index contributed by atoms with van der Waals surface area (Å²) in [5, 5.41) is 6.72. The first-order chi connectivity index (χ1) is 13.0. The quantitative estimate of drug-likeness (QED) is 0.691. The van der Waals surface area contributed by atoms with E-state index in [1.54, 1.807) is 11.9 Å². The van der Waals surface area contributed by atoms with E-state index < -0.39 is 0 Å². The number of halogens is 1. The monoisotopic (exact) mass is 368 g/mol. The number of nitrogens with zero attached hydrogens (tertiary/aromatic N) is 3. The zero-order valence-corrected chi connectivity index (χ0v) is 15.3. The Labute approximate surface area is 157 Å². The number of aryl methyl sites for hydroxylation is 1. The number of carbonyl (C=O) groups is 1. The lowest BCUT2D eigenvalue weighted by Crippen LogP contribution is -2.29. The Morgan fingerprint density at radius 1 is 1.15 bits per heavy atom. The van der Waals surface area contributed by atoms with Crippen LogP contribution >= 0.6 is 0 Å². The lowest BCUT2D eigenvalue weighted by atomic mass is 10.1. The van der Waals surface area contributed by atoms with Gasteiger partial charge in [0.2, 0.25) is 17.6 Å². The van der Waals surface area contributed by atoms with Crippen molar-refractivity contribution in [1.82, 2.24) is 15.0 Å².